The van der Waals surface area contributed by atoms with Gasteiger partial charge in [-0.15, -0.1) is 0 Å². The van der Waals surface area contributed by atoms with Crippen molar-refractivity contribution in [3.63, 3.8) is 0 Å². The first-order chi connectivity index (χ1) is 29.8. The second kappa shape index (κ2) is 13.8. The molecule has 64 heavy (non-hydrogen) atoms. The summed E-state index contributed by atoms with van der Waals surface area (Å²) < 4.78 is 0. The van der Waals surface area contributed by atoms with Gasteiger partial charge < -0.3 is 9.80 Å². The van der Waals surface area contributed by atoms with Gasteiger partial charge in [0.05, 0.1) is 5.69 Å². The van der Waals surface area contributed by atoms with Gasteiger partial charge in [0.15, 0.2) is 0 Å². The Kier molecular flexibility index (Phi) is 9.22. The van der Waals surface area contributed by atoms with E-state index in [2.05, 4.69) is 224 Å². The monoisotopic (exact) mass is 843 g/mol. The first kappa shape index (κ1) is 42.9. The minimum atomic E-state index is -0.0134. The number of anilines is 6. The zero-order valence-corrected chi connectivity index (χ0v) is 41.9. The van der Waals surface area contributed by atoms with E-state index in [0.717, 1.165) is 6.42 Å². The Morgan fingerprint density at radius 1 is 0.453 bits per heavy atom. The molecule has 0 bridgehead atoms. The Morgan fingerprint density at radius 3 is 1.53 bits per heavy atom. The predicted molar refractivity (Wildman–Crippen MR) is 279 cm³/mol. The lowest BCUT2D eigenvalue weighted by Crippen LogP contribution is -2.62. The standard InChI is InChI=1S/C61H71BN2/c1-37-28-53-55-54(29-37)64(51-34-45-43(30-38(51)2)58(9,10)26-27-59(45,11)12)50-25-23-41(57(6,7)8)32-47(50)62(55)48-33-44-46(61(15,16)36-60(44,13)14)35-52(48)63(53)49-24-22-40(56(3,4)5)31-42(49)39-20-18-17-19-21-39/h17-25,28-35H,26-27,36H2,1-16H3. The van der Waals surface area contributed by atoms with Gasteiger partial charge in [0.2, 0.25) is 0 Å². The molecule has 0 atom stereocenters. The van der Waals surface area contributed by atoms with Crippen molar-refractivity contribution in [1.29, 1.82) is 0 Å². The van der Waals surface area contributed by atoms with Gasteiger partial charge in [-0.2, -0.15) is 0 Å². The topological polar surface area (TPSA) is 6.48 Å². The van der Waals surface area contributed by atoms with E-state index in [1.165, 1.54) is 119 Å². The lowest BCUT2D eigenvalue weighted by Gasteiger charge is -2.47. The molecule has 2 aliphatic carbocycles. The van der Waals surface area contributed by atoms with Crippen LogP contribution in [-0.2, 0) is 32.5 Å². The molecule has 0 spiro atoms. The van der Waals surface area contributed by atoms with E-state index in [-0.39, 0.29) is 39.2 Å². The molecule has 0 N–H and O–H groups in total. The highest BCUT2D eigenvalue weighted by Crippen LogP contribution is 2.55. The van der Waals surface area contributed by atoms with Crippen molar-refractivity contribution in [3.05, 3.63) is 148 Å². The van der Waals surface area contributed by atoms with E-state index in [4.69, 9.17) is 0 Å². The van der Waals surface area contributed by atoms with E-state index in [1.54, 1.807) is 0 Å². The molecular weight excluding hydrogens is 771 g/mol. The number of benzene rings is 6. The highest BCUT2D eigenvalue weighted by Gasteiger charge is 2.49. The van der Waals surface area contributed by atoms with Crippen LogP contribution in [0.1, 0.15) is 161 Å². The average Bonchev–Trinajstić information content (AvgIpc) is 3.39. The van der Waals surface area contributed by atoms with Gasteiger partial charge in [-0.25, -0.2) is 0 Å². The van der Waals surface area contributed by atoms with E-state index in [1.807, 2.05) is 0 Å². The molecule has 0 fully saturated rings. The number of fused-ring (bicyclic) bond motifs is 6. The number of hydrogen-bond acceptors (Lipinski definition) is 2. The summed E-state index contributed by atoms with van der Waals surface area (Å²) in [4.78, 5) is 5.37. The Labute approximate surface area is 386 Å². The molecule has 10 rings (SSSR count). The van der Waals surface area contributed by atoms with Crippen molar-refractivity contribution in [2.45, 2.75) is 163 Å². The van der Waals surface area contributed by atoms with Crippen molar-refractivity contribution in [2.75, 3.05) is 9.80 Å². The van der Waals surface area contributed by atoms with Crippen LogP contribution in [0.15, 0.2) is 103 Å². The van der Waals surface area contributed by atoms with Crippen molar-refractivity contribution >= 4 is 57.2 Å². The van der Waals surface area contributed by atoms with Crippen molar-refractivity contribution in [3.8, 4) is 11.1 Å². The highest BCUT2D eigenvalue weighted by molar-refractivity contribution is 7.00. The molecule has 0 radical (unpaired) electrons. The van der Waals surface area contributed by atoms with Gasteiger partial charge >= 0.3 is 0 Å². The fraction of sp³-hybridized carbons (Fsp3) is 0.410. The molecule has 0 saturated carbocycles. The van der Waals surface area contributed by atoms with Crippen molar-refractivity contribution in [1.82, 2.24) is 0 Å². The smallest absolute Gasteiger partial charge is 0.252 e. The van der Waals surface area contributed by atoms with Crippen LogP contribution in [0.5, 0.6) is 0 Å². The molecule has 6 aromatic rings. The van der Waals surface area contributed by atoms with Crippen LogP contribution in [0, 0.1) is 13.8 Å². The first-order valence-electron chi connectivity index (χ1n) is 24.2. The predicted octanol–water partition coefficient (Wildman–Crippen LogP) is 15.0. The quantitative estimate of drug-likeness (QED) is 0.164. The summed E-state index contributed by atoms with van der Waals surface area (Å²) in [7, 11) is 0. The van der Waals surface area contributed by atoms with Gasteiger partial charge in [-0.1, -0.05) is 158 Å². The fourth-order valence-electron chi connectivity index (χ4n) is 12.6. The Hall–Kier alpha value is -5.02. The van der Waals surface area contributed by atoms with Crippen LogP contribution in [0.2, 0.25) is 0 Å². The fourth-order valence-corrected chi connectivity index (χ4v) is 12.6. The highest BCUT2D eigenvalue weighted by atomic mass is 15.2. The van der Waals surface area contributed by atoms with E-state index < -0.39 is 0 Å². The lowest BCUT2D eigenvalue weighted by atomic mass is 9.33. The molecule has 6 aromatic carbocycles. The third-order valence-corrected chi connectivity index (χ3v) is 16.2. The summed E-state index contributed by atoms with van der Waals surface area (Å²) >= 11 is 0. The largest absolute Gasteiger partial charge is 0.311 e. The summed E-state index contributed by atoms with van der Waals surface area (Å²) in [5.74, 6) is 0. The Morgan fingerprint density at radius 2 is 0.938 bits per heavy atom. The molecule has 0 aromatic heterocycles. The zero-order chi connectivity index (χ0) is 45.8. The number of hydrogen-bond donors (Lipinski definition) is 0. The summed E-state index contributed by atoms with van der Waals surface area (Å²) in [5.41, 5.74) is 26.1. The van der Waals surface area contributed by atoms with Crippen LogP contribution < -0.4 is 26.2 Å². The zero-order valence-electron chi connectivity index (χ0n) is 41.9. The molecule has 2 nitrogen and oxygen atoms in total. The maximum absolute atomic E-state index is 2.69. The number of rotatable bonds is 3. The molecular formula is C61H71BN2. The molecule has 2 heterocycles. The van der Waals surface area contributed by atoms with Crippen molar-refractivity contribution in [2.24, 2.45) is 0 Å². The number of nitrogens with zero attached hydrogens (tertiary/aromatic N) is 2. The van der Waals surface area contributed by atoms with Crippen molar-refractivity contribution < 1.29 is 0 Å². The summed E-state index contributed by atoms with van der Waals surface area (Å²) in [6.07, 6.45) is 3.51. The molecule has 0 saturated heterocycles. The van der Waals surface area contributed by atoms with Gasteiger partial charge in [0.1, 0.15) is 0 Å². The summed E-state index contributed by atoms with van der Waals surface area (Å²) in [5, 5.41) is 0. The minimum absolute atomic E-state index is 0.00260. The normalized spacial score (nSPS) is 18.5. The van der Waals surface area contributed by atoms with Crippen LogP contribution >= 0.6 is 0 Å². The molecule has 0 unspecified atom stereocenters. The summed E-state index contributed by atoms with van der Waals surface area (Å²) in [6.45, 7) is 38.6. The molecule has 328 valence electrons. The van der Waals surface area contributed by atoms with E-state index in [0.29, 0.717) is 0 Å². The van der Waals surface area contributed by atoms with Gasteiger partial charge in [0, 0.05) is 34.0 Å². The third-order valence-electron chi connectivity index (χ3n) is 16.2. The SMILES string of the molecule is Cc1cc2c3c(c1)N(c1ccc(C(C)(C)C)cc1-c1ccccc1)c1cc4c(cc1B3c1cc(C(C)(C)C)ccc1N2c1cc2c(cc1C)C(C)(C)CCC2(C)C)C(C)(C)CC4(C)C. The van der Waals surface area contributed by atoms with E-state index in [9.17, 15) is 0 Å². The van der Waals surface area contributed by atoms with Gasteiger partial charge in [-0.05, 0) is 175 Å². The second-order valence-electron chi connectivity index (χ2n) is 25.0. The Balaban J connectivity index is 1.35. The average molecular weight is 843 g/mol. The molecule has 4 aliphatic rings. The number of aryl methyl sites for hydroxylation is 2. The van der Waals surface area contributed by atoms with Crippen LogP contribution in [0.3, 0.4) is 0 Å². The van der Waals surface area contributed by atoms with Gasteiger partial charge in [0.25, 0.3) is 6.71 Å². The first-order valence-corrected chi connectivity index (χ1v) is 24.2. The maximum atomic E-state index is 2.69. The molecule has 2 aliphatic heterocycles. The van der Waals surface area contributed by atoms with Gasteiger partial charge in [-0.3, -0.25) is 0 Å². The minimum Gasteiger partial charge on any atom is -0.311 e. The molecule has 0 amide bonds. The van der Waals surface area contributed by atoms with Crippen LogP contribution in [0.4, 0.5) is 34.1 Å². The summed E-state index contributed by atoms with van der Waals surface area (Å²) in [6, 6.07) is 41.4. The van der Waals surface area contributed by atoms with Crippen LogP contribution in [-0.4, -0.2) is 6.71 Å². The van der Waals surface area contributed by atoms with Crippen LogP contribution in [0.25, 0.3) is 11.1 Å². The second-order valence-corrected chi connectivity index (χ2v) is 25.0. The molecule has 3 heteroatoms. The Bertz CT molecular complexity index is 2910. The lowest BCUT2D eigenvalue weighted by molar-refractivity contribution is 0.332. The third kappa shape index (κ3) is 6.48. The maximum Gasteiger partial charge on any atom is 0.252 e. The van der Waals surface area contributed by atoms with E-state index >= 15 is 0 Å².